The molecule has 0 amide bonds. The SMILES string of the molecule is OCCN1CCN(CC2CCNCC2N2CCNCC2)CC1. The van der Waals surface area contributed by atoms with E-state index < -0.39 is 0 Å². The van der Waals surface area contributed by atoms with Crippen molar-refractivity contribution in [1.82, 2.24) is 25.3 Å². The van der Waals surface area contributed by atoms with Crippen LogP contribution in [0.15, 0.2) is 0 Å². The standard InChI is InChI=1S/C16H33N5O/c22-12-11-19-7-9-20(10-8-19)14-15-1-2-18-13-16(15)21-5-3-17-4-6-21/h15-18,22H,1-14H2. The van der Waals surface area contributed by atoms with Gasteiger partial charge in [0.2, 0.25) is 0 Å². The lowest BCUT2D eigenvalue weighted by Gasteiger charge is -2.45. The van der Waals surface area contributed by atoms with E-state index in [0.717, 1.165) is 58.3 Å². The Balaban J connectivity index is 1.49. The Hall–Kier alpha value is -0.240. The Morgan fingerprint density at radius 2 is 1.59 bits per heavy atom. The van der Waals surface area contributed by atoms with Gasteiger partial charge in [-0.15, -0.1) is 0 Å². The average molecular weight is 311 g/mol. The van der Waals surface area contributed by atoms with E-state index in [4.69, 9.17) is 5.11 Å². The highest BCUT2D eigenvalue weighted by atomic mass is 16.3. The number of aliphatic hydroxyl groups is 1. The molecular formula is C16H33N5O. The molecular weight excluding hydrogens is 278 g/mol. The zero-order valence-electron chi connectivity index (χ0n) is 13.8. The van der Waals surface area contributed by atoms with Crippen LogP contribution in [-0.2, 0) is 0 Å². The summed E-state index contributed by atoms with van der Waals surface area (Å²) >= 11 is 0. The number of nitrogens with one attached hydrogen (secondary N) is 2. The fourth-order valence-corrected chi connectivity index (χ4v) is 4.22. The van der Waals surface area contributed by atoms with Gasteiger partial charge in [-0.2, -0.15) is 0 Å². The van der Waals surface area contributed by atoms with Gasteiger partial charge >= 0.3 is 0 Å². The molecule has 2 atom stereocenters. The summed E-state index contributed by atoms with van der Waals surface area (Å²) in [5, 5.41) is 16.1. The zero-order valence-corrected chi connectivity index (χ0v) is 13.8. The number of hydrogen-bond acceptors (Lipinski definition) is 6. The molecule has 0 aromatic carbocycles. The van der Waals surface area contributed by atoms with Crippen LogP contribution in [0.4, 0.5) is 0 Å². The third kappa shape index (κ3) is 4.40. The number of piperazine rings is 2. The molecule has 0 saturated carbocycles. The van der Waals surface area contributed by atoms with Crippen LogP contribution in [0.2, 0.25) is 0 Å². The maximum absolute atomic E-state index is 9.05. The van der Waals surface area contributed by atoms with Crippen molar-refractivity contribution in [2.24, 2.45) is 5.92 Å². The maximum atomic E-state index is 9.05. The second-order valence-electron chi connectivity index (χ2n) is 6.97. The molecule has 6 heteroatoms. The van der Waals surface area contributed by atoms with Gasteiger partial charge in [-0.05, 0) is 18.9 Å². The predicted molar refractivity (Wildman–Crippen MR) is 89.2 cm³/mol. The first kappa shape index (κ1) is 16.6. The average Bonchev–Trinajstić information content (AvgIpc) is 2.58. The summed E-state index contributed by atoms with van der Waals surface area (Å²) in [5.74, 6) is 0.809. The molecule has 3 N–H and O–H groups in total. The first-order valence-corrected chi connectivity index (χ1v) is 9.08. The number of rotatable bonds is 5. The number of piperidine rings is 1. The van der Waals surface area contributed by atoms with Crippen LogP contribution in [0.5, 0.6) is 0 Å². The summed E-state index contributed by atoms with van der Waals surface area (Å²) in [6, 6.07) is 0.714. The molecule has 22 heavy (non-hydrogen) atoms. The highest BCUT2D eigenvalue weighted by Gasteiger charge is 2.32. The van der Waals surface area contributed by atoms with E-state index in [9.17, 15) is 0 Å². The van der Waals surface area contributed by atoms with E-state index in [1.54, 1.807) is 0 Å². The van der Waals surface area contributed by atoms with Crippen molar-refractivity contribution in [2.75, 3.05) is 85.1 Å². The summed E-state index contributed by atoms with van der Waals surface area (Å²) in [6.45, 7) is 14.0. The zero-order chi connectivity index (χ0) is 15.2. The van der Waals surface area contributed by atoms with Crippen molar-refractivity contribution in [2.45, 2.75) is 12.5 Å². The monoisotopic (exact) mass is 311 g/mol. The largest absolute Gasteiger partial charge is 0.395 e. The van der Waals surface area contributed by atoms with Crippen LogP contribution < -0.4 is 10.6 Å². The van der Waals surface area contributed by atoms with Crippen molar-refractivity contribution in [3.05, 3.63) is 0 Å². The summed E-state index contributed by atoms with van der Waals surface area (Å²) in [5.41, 5.74) is 0. The molecule has 0 bridgehead atoms. The first-order valence-electron chi connectivity index (χ1n) is 9.08. The van der Waals surface area contributed by atoms with Crippen LogP contribution in [-0.4, -0.2) is 111 Å². The smallest absolute Gasteiger partial charge is 0.0558 e. The molecule has 2 unspecified atom stereocenters. The third-order valence-corrected chi connectivity index (χ3v) is 5.58. The van der Waals surface area contributed by atoms with Gasteiger partial charge in [0, 0.05) is 78.0 Å². The summed E-state index contributed by atoms with van der Waals surface area (Å²) in [7, 11) is 0. The quantitative estimate of drug-likeness (QED) is 0.573. The van der Waals surface area contributed by atoms with Crippen molar-refractivity contribution in [1.29, 1.82) is 0 Å². The van der Waals surface area contributed by atoms with Crippen molar-refractivity contribution < 1.29 is 5.11 Å². The Kier molecular flexibility index (Phi) is 6.47. The molecule has 3 fully saturated rings. The fraction of sp³-hybridized carbons (Fsp3) is 1.00. The molecule has 0 aliphatic carbocycles. The lowest BCUT2D eigenvalue weighted by atomic mass is 9.90. The lowest BCUT2D eigenvalue weighted by Crippen LogP contribution is -2.59. The van der Waals surface area contributed by atoms with Gasteiger partial charge in [-0.25, -0.2) is 0 Å². The fourth-order valence-electron chi connectivity index (χ4n) is 4.22. The molecule has 128 valence electrons. The normalized spacial score (nSPS) is 33.1. The number of hydrogen-bond donors (Lipinski definition) is 3. The summed E-state index contributed by atoms with van der Waals surface area (Å²) < 4.78 is 0. The van der Waals surface area contributed by atoms with Crippen LogP contribution in [0.1, 0.15) is 6.42 Å². The van der Waals surface area contributed by atoms with Crippen LogP contribution in [0, 0.1) is 5.92 Å². The van der Waals surface area contributed by atoms with Crippen LogP contribution >= 0.6 is 0 Å². The second-order valence-corrected chi connectivity index (χ2v) is 6.97. The maximum Gasteiger partial charge on any atom is 0.0558 e. The number of aliphatic hydroxyl groups excluding tert-OH is 1. The molecule has 0 spiro atoms. The van der Waals surface area contributed by atoms with Crippen LogP contribution in [0.3, 0.4) is 0 Å². The Morgan fingerprint density at radius 1 is 0.864 bits per heavy atom. The van der Waals surface area contributed by atoms with Crippen molar-refractivity contribution in [3.63, 3.8) is 0 Å². The van der Waals surface area contributed by atoms with Gasteiger partial charge < -0.3 is 20.6 Å². The van der Waals surface area contributed by atoms with E-state index in [1.807, 2.05) is 0 Å². The highest BCUT2D eigenvalue weighted by molar-refractivity contribution is 4.90. The van der Waals surface area contributed by atoms with E-state index in [-0.39, 0.29) is 0 Å². The summed E-state index contributed by atoms with van der Waals surface area (Å²) in [6.07, 6.45) is 1.31. The molecule has 0 aromatic rings. The van der Waals surface area contributed by atoms with Gasteiger partial charge in [0.1, 0.15) is 0 Å². The first-order chi connectivity index (χ1) is 10.9. The minimum Gasteiger partial charge on any atom is -0.395 e. The van der Waals surface area contributed by atoms with E-state index in [2.05, 4.69) is 25.3 Å². The summed E-state index contributed by atoms with van der Waals surface area (Å²) in [4.78, 5) is 7.74. The highest BCUT2D eigenvalue weighted by Crippen LogP contribution is 2.21. The number of nitrogens with zero attached hydrogens (tertiary/aromatic N) is 3. The van der Waals surface area contributed by atoms with Crippen molar-refractivity contribution in [3.8, 4) is 0 Å². The number of β-amino-alcohol motifs (C(OH)–C–C–N with tert-alkyl or cyclic N) is 1. The minimum absolute atomic E-state index is 0.291. The lowest BCUT2D eigenvalue weighted by molar-refractivity contribution is 0.0539. The van der Waals surface area contributed by atoms with Gasteiger partial charge in [0.15, 0.2) is 0 Å². The Labute approximate surface area is 134 Å². The Morgan fingerprint density at radius 3 is 2.32 bits per heavy atom. The minimum atomic E-state index is 0.291. The molecule has 6 nitrogen and oxygen atoms in total. The van der Waals surface area contributed by atoms with E-state index in [1.165, 1.54) is 32.6 Å². The van der Waals surface area contributed by atoms with E-state index >= 15 is 0 Å². The Bertz CT molecular complexity index is 316. The molecule has 3 heterocycles. The van der Waals surface area contributed by atoms with Gasteiger partial charge in [-0.3, -0.25) is 9.80 Å². The molecule has 0 aromatic heterocycles. The van der Waals surface area contributed by atoms with Gasteiger partial charge in [0.05, 0.1) is 6.61 Å². The van der Waals surface area contributed by atoms with E-state index in [0.29, 0.717) is 12.6 Å². The molecule has 3 aliphatic heterocycles. The molecule has 3 aliphatic rings. The second kappa shape index (κ2) is 8.57. The molecule has 0 radical (unpaired) electrons. The topological polar surface area (TPSA) is 54.0 Å². The molecule has 3 rings (SSSR count). The van der Waals surface area contributed by atoms with Crippen molar-refractivity contribution >= 4 is 0 Å². The predicted octanol–water partition coefficient (Wildman–Crippen LogP) is -1.52. The van der Waals surface area contributed by atoms with Crippen LogP contribution in [0.25, 0.3) is 0 Å². The van der Waals surface area contributed by atoms with Gasteiger partial charge in [0.25, 0.3) is 0 Å². The molecule has 3 saturated heterocycles. The van der Waals surface area contributed by atoms with Gasteiger partial charge in [-0.1, -0.05) is 0 Å². The third-order valence-electron chi connectivity index (χ3n) is 5.58.